The Morgan fingerprint density at radius 2 is 0.633 bits per heavy atom. The number of hydrogen-bond acceptors (Lipinski definition) is 12. The molecule has 10 rings (SSSR count). The van der Waals surface area contributed by atoms with Crippen LogP contribution in [0.25, 0.3) is 0 Å². The molecule has 0 radical (unpaired) electrons. The van der Waals surface area contributed by atoms with Gasteiger partial charge in [-0.1, -0.05) is 48.5 Å². The highest BCUT2D eigenvalue weighted by molar-refractivity contribution is 6.11. The van der Waals surface area contributed by atoms with E-state index in [9.17, 15) is 33.6 Å². The number of amides is 5. The summed E-state index contributed by atoms with van der Waals surface area (Å²) in [6.07, 6.45) is 2.45. The predicted molar refractivity (Wildman–Crippen MR) is 302 cm³/mol. The number of nitrogens with zero attached hydrogens (tertiary/aromatic N) is 4. The van der Waals surface area contributed by atoms with Gasteiger partial charge in [-0.05, 0) is 117 Å². The Balaban J connectivity index is 0.000000193. The molecule has 0 saturated heterocycles. The lowest BCUT2D eigenvalue weighted by Crippen LogP contribution is -2.33. The number of carbonyl (C=O) groups excluding carboxylic acids is 5. The van der Waals surface area contributed by atoms with Crippen LogP contribution in [0.4, 0.5) is 22.7 Å². The van der Waals surface area contributed by atoms with E-state index in [2.05, 4.69) is 36.6 Å². The Bertz CT molecular complexity index is 3310. The number of aliphatic imine (C=N–C) groups is 4. The fraction of sp³-hybridized carbons (Fsp3) is 0.217. The molecule has 0 aliphatic carbocycles. The third-order valence-corrected chi connectivity index (χ3v) is 13.0. The minimum atomic E-state index is -0.940. The zero-order chi connectivity index (χ0) is 56.2. The Morgan fingerprint density at radius 1 is 0.380 bits per heavy atom. The van der Waals surface area contributed by atoms with E-state index in [0.29, 0.717) is 76.1 Å². The largest absolute Gasteiger partial charge is 0.478 e. The minimum Gasteiger partial charge on any atom is -0.478 e. The van der Waals surface area contributed by atoms with Crippen LogP contribution >= 0.6 is 0 Å². The molecule has 6 aromatic rings. The van der Waals surface area contributed by atoms with Gasteiger partial charge in [0.1, 0.15) is 0 Å². The second-order valence-corrected chi connectivity index (χ2v) is 18.8. The number of aromatic carboxylic acids is 2. The van der Waals surface area contributed by atoms with Gasteiger partial charge in [-0.25, -0.2) is 9.59 Å². The Kier molecular flexibility index (Phi) is 17.8. The first-order valence-electron chi connectivity index (χ1n) is 25.5. The standard InChI is InChI=1S/C32H32N6O4.C24H16N2O4.C4H10N2O/c1-19(39)33-11-13-35-31(41)23-7-9-27-25(15-23)17-29(37-27)21-3-5-22(6-4-21)30-18-26-16-24(8-10-28(26)38-30)32(42)36-14-12-34-20(2)40;27-23(28)15-5-7-19-17(9-15)11-21(25-19)13-1-2-14(4-3-13)22-12-18-10-16(24(29)30)6-8-20(18)26-22;1-4(7)6-3-2-5/h3-10,15-16H,11-14,17-18H2,1-2H3,(H,33,39)(H,34,40)(H,35,41)(H,36,42);1-10H,11-12H2,(H,27,28)(H,29,30);2-3,5H2,1H3,(H,6,7). The monoisotopic (exact) mass is 1060 g/mol. The second kappa shape index (κ2) is 25.4. The van der Waals surface area contributed by atoms with Gasteiger partial charge in [0.05, 0.1) is 56.7 Å². The number of fused-ring (bicyclic) bond motifs is 4. The van der Waals surface area contributed by atoms with Gasteiger partial charge in [0.15, 0.2) is 0 Å². The molecule has 0 saturated carbocycles. The van der Waals surface area contributed by atoms with E-state index < -0.39 is 11.9 Å². The van der Waals surface area contributed by atoms with Crippen molar-refractivity contribution >= 4 is 87.1 Å². The van der Waals surface area contributed by atoms with Gasteiger partial charge < -0.3 is 42.5 Å². The summed E-state index contributed by atoms with van der Waals surface area (Å²) in [6, 6.07) is 37.1. The van der Waals surface area contributed by atoms with Crippen LogP contribution in [0.3, 0.4) is 0 Å². The molecule has 19 nitrogen and oxygen atoms in total. The molecule has 9 N–H and O–H groups in total. The van der Waals surface area contributed by atoms with E-state index in [1.807, 2.05) is 72.8 Å². The van der Waals surface area contributed by atoms with E-state index in [1.165, 1.54) is 20.8 Å². The lowest BCUT2D eigenvalue weighted by atomic mass is 9.98. The zero-order valence-electron chi connectivity index (χ0n) is 43.7. The maximum Gasteiger partial charge on any atom is 0.335 e. The highest BCUT2D eigenvalue weighted by Crippen LogP contribution is 2.34. The number of hydrogen-bond donors (Lipinski definition) is 8. The maximum absolute atomic E-state index is 12.5. The molecule has 0 unspecified atom stereocenters. The molecule has 402 valence electrons. The quantitative estimate of drug-likeness (QED) is 0.0501. The lowest BCUT2D eigenvalue weighted by molar-refractivity contribution is -0.119. The van der Waals surface area contributed by atoms with Gasteiger partial charge in [0, 0.05) is 96.8 Å². The topological polar surface area (TPSA) is 296 Å². The van der Waals surface area contributed by atoms with E-state index in [4.69, 9.17) is 25.9 Å². The van der Waals surface area contributed by atoms with Crippen molar-refractivity contribution in [2.45, 2.75) is 46.5 Å². The fourth-order valence-corrected chi connectivity index (χ4v) is 9.01. The Labute approximate surface area is 455 Å². The van der Waals surface area contributed by atoms with Crippen LogP contribution < -0.4 is 32.3 Å². The summed E-state index contributed by atoms with van der Waals surface area (Å²) in [5, 5.41) is 31.8. The number of nitrogens with one attached hydrogen (secondary N) is 5. The predicted octanol–water partition coefficient (Wildman–Crippen LogP) is 6.29. The molecule has 4 heterocycles. The van der Waals surface area contributed by atoms with Crippen LogP contribution in [-0.2, 0) is 40.1 Å². The maximum atomic E-state index is 12.5. The van der Waals surface area contributed by atoms with Crippen molar-refractivity contribution in [3.63, 3.8) is 0 Å². The molecule has 79 heavy (non-hydrogen) atoms. The van der Waals surface area contributed by atoms with Crippen LogP contribution in [0.5, 0.6) is 0 Å². The number of rotatable bonds is 16. The fourth-order valence-electron chi connectivity index (χ4n) is 9.01. The van der Waals surface area contributed by atoms with Crippen molar-refractivity contribution < 1.29 is 43.8 Å². The van der Waals surface area contributed by atoms with Crippen molar-refractivity contribution in [3.05, 3.63) is 188 Å². The lowest BCUT2D eigenvalue weighted by Gasteiger charge is -2.07. The van der Waals surface area contributed by atoms with Gasteiger partial charge in [-0.3, -0.25) is 43.9 Å². The van der Waals surface area contributed by atoms with E-state index >= 15 is 0 Å². The normalized spacial score (nSPS) is 12.9. The van der Waals surface area contributed by atoms with Crippen molar-refractivity contribution in [3.8, 4) is 0 Å². The average molecular weight is 1060 g/mol. The number of carboxylic acid groups (broad SMARTS) is 2. The molecular weight excluding hydrogens is 1000 g/mol. The number of carboxylic acids is 2. The number of carbonyl (C=O) groups is 7. The molecule has 0 bridgehead atoms. The summed E-state index contributed by atoms with van der Waals surface area (Å²) >= 11 is 0. The van der Waals surface area contributed by atoms with E-state index in [-0.39, 0.29) is 40.7 Å². The van der Waals surface area contributed by atoms with Crippen LogP contribution in [0, 0.1) is 0 Å². The number of nitrogens with two attached hydrogens (primary N) is 1. The summed E-state index contributed by atoms with van der Waals surface area (Å²) in [6.45, 7) is 6.92. The highest BCUT2D eigenvalue weighted by atomic mass is 16.4. The Hall–Kier alpha value is -9.75. The third-order valence-electron chi connectivity index (χ3n) is 13.0. The zero-order valence-corrected chi connectivity index (χ0v) is 43.7. The van der Waals surface area contributed by atoms with E-state index in [0.717, 1.165) is 90.1 Å². The molecule has 0 aromatic heterocycles. The molecule has 0 fully saturated rings. The summed E-state index contributed by atoms with van der Waals surface area (Å²) in [5.74, 6) is -2.54. The molecule has 4 aliphatic rings. The molecule has 19 heteroatoms. The Morgan fingerprint density at radius 3 is 0.886 bits per heavy atom. The molecule has 0 spiro atoms. The van der Waals surface area contributed by atoms with Crippen LogP contribution in [0.2, 0.25) is 0 Å². The third kappa shape index (κ3) is 14.4. The first-order chi connectivity index (χ1) is 38.0. The van der Waals surface area contributed by atoms with Gasteiger partial charge in [-0.2, -0.15) is 0 Å². The van der Waals surface area contributed by atoms with Crippen molar-refractivity contribution in [1.82, 2.24) is 26.6 Å². The highest BCUT2D eigenvalue weighted by Gasteiger charge is 2.23. The van der Waals surface area contributed by atoms with Crippen molar-refractivity contribution in [2.75, 3.05) is 39.3 Å². The van der Waals surface area contributed by atoms with Crippen molar-refractivity contribution in [2.24, 2.45) is 25.7 Å². The molecule has 5 amide bonds. The second-order valence-electron chi connectivity index (χ2n) is 18.8. The van der Waals surface area contributed by atoms with Gasteiger partial charge in [0.2, 0.25) is 17.7 Å². The van der Waals surface area contributed by atoms with Crippen LogP contribution in [0.1, 0.15) is 107 Å². The van der Waals surface area contributed by atoms with Crippen LogP contribution in [0.15, 0.2) is 141 Å². The first kappa shape index (κ1) is 55.5. The van der Waals surface area contributed by atoms with E-state index in [1.54, 1.807) is 48.5 Å². The molecule has 4 aliphatic heterocycles. The first-order valence-corrected chi connectivity index (χ1v) is 25.5. The average Bonchev–Trinajstić information content (AvgIpc) is 4.30. The summed E-state index contributed by atoms with van der Waals surface area (Å²) in [7, 11) is 0. The number of benzene rings is 6. The minimum absolute atomic E-state index is 0.0227. The SMILES string of the molecule is CC(=O)NCCN.CC(=O)NCCNC(=O)c1ccc2c(c1)CC(c1ccc(C3=Nc4ccc(C(=O)NCCNC(C)=O)cc4C3)cc1)=N2.O=C(O)c1ccc2c(c1)CC(c1ccc(C3=Nc4ccc(C(=O)O)cc4C3)cc1)=N2. The van der Waals surface area contributed by atoms with Gasteiger partial charge in [-0.15, -0.1) is 0 Å². The summed E-state index contributed by atoms with van der Waals surface area (Å²) < 4.78 is 0. The summed E-state index contributed by atoms with van der Waals surface area (Å²) in [5.41, 5.74) is 21.5. The molecule has 6 aromatic carbocycles. The van der Waals surface area contributed by atoms with Gasteiger partial charge >= 0.3 is 11.9 Å². The van der Waals surface area contributed by atoms with Crippen molar-refractivity contribution in [1.29, 1.82) is 0 Å². The molecule has 0 atom stereocenters. The summed E-state index contributed by atoms with van der Waals surface area (Å²) in [4.78, 5) is 98.2. The van der Waals surface area contributed by atoms with Crippen LogP contribution in [-0.4, -0.2) is 114 Å². The smallest absolute Gasteiger partial charge is 0.335 e. The molecular formula is C60H58N10O9. The van der Waals surface area contributed by atoms with Gasteiger partial charge in [0.25, 0.3) is 11.8 Å².